The number of pyridine rings is 1. The highest BCUT2D eigenvalue weighted by molar-refractivity contribution is 7.96. The molecule has 1 rings (SSSR count). The molecule has 0 fully saturated rings. The summed E-state index contributed by atoms with van der Waals surface area (Å²) in [5.41, 5.74) is -1.46. The van der Waals surface area contributed by atoms with Gasteiger partial charge in [0.25, 0.3) is 0 Å². The third-order valence-electron chi connectivity index (χ3n) is 2.97. The monoisotopic (exact) mass is 322 g/mol. The van der Waals surface area contributed by atoms with E-state index in [2.05, 4.69) is 9.71 Å². The Balaban J connectivity index is 2.46. The number of nitrogens with zero attached hydrogens (tertiary/aromatic N) is 1. The SMILES string of the molecule is CC(C)(CCNSCc1cnccc1C(F)(F)F)C(=O)O. The van der Waals surface area contributed by atoms with Crippen molar-refractivity contribution in [3.05, 3.63) is 29.6 Å². The molecule has 0 aromatic carbocycles. The summed E-state index contributed by atoms with van der Waals surface area (Å²) < 4.78 is 41.1. The van der Waals surface area contributed by atoms with Crippen molar-refractivity contribution >= 4 is 17.9 Å². The molecule has 2 N–H and O–H groups in total. The Kier molecular flexibility index (Phi) is 6.03. The number of nitrogens with one attached hydrogen (secondary N) is 1. The zero-order valence-corrected chi connectivity index (χ0v) is 12.5. The van der Waals surface area contributed by atoms with Gasteiger partial charge in [0.1, 0.15) is 0 Å². The predicted molar refractivity (Wildman–Crippen MR) is 74.6 cm³/mol. The maximum atomic E-state index is 12.7. The van der Waals surface area contributed by atoms with E-state index in [4.69, 9.17) is 5.11 Å². The lowest BCUT2D eigenvalue weighted by Crippen LogP contribution is -2.27. The van der Waals surface area contributed by atoms with Crippen LogP contribution in [0.25, 0.3) is 0 Å². The molecule has 0 aliphatic rings. The van der Waals surface area contributed by atoms with Crippen LogP contribution in [0.3, 0.4) is 0 Å². The molecule has 8 heteroatoms. The highest BCUT2D eigenvalue weighted by Gasteiger charge is 2.33. The first kappa shape index (κ1) is 17.8. The van der Waals surface area contributed by atoms with Crippen LogP contribution in [0.5, 0.6) is 0 Å². The van der Waals surface area contributed by atoms with Crippen LogP contribution < -0.4 is 4.72 Å². The third-order valence-corrected chi connectivity index (χ3v) is 3.83. The molecular weight excluding hydrogens is 305 g/mol. The van der Waals surface area contributed by atoms with Gasteiger partial charge in [-0.05, 0) is 31.9 Å². The highest BCUT2D eigenvalue weighted by atomic mass is 32.2. The summed E-state index contributed by atoms with van der Waals surface area (Å²) in [6, 6.07) is 0.948. The normalized spacial score (nSPS) is 12.4. The molecule has 0 radical (unpaired) electrons. The Labute approximate surface area is 125 Å². The molecule has 1 heterocycles. The van der Waals surface area contributed by atoms with E-state index in [1.165, 1.54) is 6.20 Å². The van der Waals surface area contributed by atoms with Crippen LogP contribution in [-0.4, -0.2) is 22.6 Å². The minimum atomic E-state index is -4.40. The van der Waals surface area contributed by atoms with Crippen molar-refractivity contribution in [1.29, 1.82) is 0 Å². The summed E-state index contributed by atoms with van der Waals surface area (Å²) in [5, 5.41) is 8.93. The smallest absolute Gasteiger partial charge is 0.416 e. The van der Waals surface area contributed by atoms with E-state index >= 15 is 0 Å². The number of aliphatic carboxylic acids is 1. The van der Waals surface area contributed by atoms with E-state index in [1.54, 1.807) is 13.8 Å². The lowest BCUT2D eigenvalue weighted by molar-refractivity contribution is -0.147. The van der Waals surface area contributed by atoms with Crippen molar-refractivity contribution in [3.8, 4) is 0 Å². The molecular formula is C13H17F3N2O2S. The Morgan fingerprint density at radius 2 is 2.10 bits per heavy atom. The van der Waals surface area contributed by atoms with Gasteiger partial charge in [0, 0.05) is 24.7 Å². The summed E-state index contributed by atoms with van der Waals surface area (Å²) >= 11 is 1.11. The van der Waals surface area contributed by atoms with Gasteiger partial charge in [0.05, 0.1) is 11.0 Å². The van der Waals surface area contributed by atoms with Crippen LogP contribution in [0.1, 0.15) is 31.4 Å². The molecule has 0 amide bonds. The van der Waals surface area contributed by atoms with Gasteiger partial charge >= 0.3 is 12.1 Å². The first-order valence-corrected chi connectivity index (χ1v) is 7.21. The van der Waals surface area contributed by atoms with E-state index < -0.39 is 23.1 Å². The molecule has 0 aliphatic heterocycles. The number of hydrogen-bond acceptors (Lipinski definition) is 4. The van der Waals surface area contributed by atoms with Crippen molar-refractivity contribution in [3.63, 3.8) is 0 Å². The molecule has 118 valence electrons. The Morgan fingerprint density at radius 1 is 1.43 bits per heavy atom. The summed E-state index contributed by atoms with van der Waals surface area (Å²) in [4.78, 5) is 14.6. The van der Waals surface area contributed by atoms with E-state index in [-0.39, 0.29) is 11.3 Å². The fourth-order valence-electron chi connectivity index (χ4n) is 1.49. The van der Waals surface area contributed by atoms with Crippen LogP contribution in [0.2, 0.25) is 0 Å². The van der Waals surface area contributed by atoms with Gasteiger partial charge in [-0.3, -0.25) is 14.5 Å². The van der Waals surface area contributed by atoms with Gasteiger partial charge in [-0.1, -0.05) is 11.9 Å². The Hall–Kier alpha value is -1.28. The number of aromatic nitrogens is 1. The van der Waals surface area contributed by atoms with Crippen LogP contribution in [-0.2, 0) is 16.7 Å². The summed E-state index contributed by atoms with van der Waals surface area (Å²) in [7, 11) is 0. The average molecular weight is 322 g/mol. The quantitative estimate of drug-likeness (QED) is 0.595. The lowest BCUT2D eigenvalue weighted by Gasteiger charge is -2.18. The number of rotatable bonds is 7. The number of hydrogen-bond donors (Lipinski definition) is 2. The Morgan fingerprint density at radius 3 is 2.67 bits per heavy atom. The van der Waals surface area contributed by atoms with E-state index in [0.29, 0.717) is 13.0 Å². The van der Waals surface area contributed by atoms with Crippen LogP contribution >= 0.6 is 11.9 Å². The molecule has 0 aliphatic carbocycles. The van der Waals surface area contributed by atoms with E-state index in [1.807, 2.05) is 0 Å². The molecule has 1 aromatic rings. The minimum absolute atomic E-state index is 0.0972. The molecule has 0 saturated heterocycles. The second-order valence-electron chi connectivity index (χ2n) is 5.15. The van der Waals surface area contributed by atoms with Gasteiger partial charge < -0.3 is 5.11 Å². The molecule has 4 nitrogen and oxygen atoms in total. The van der Waals surface area contributed by atoms with Crippen LogP contribution in [0, 0.1) is 5.41 Å². The molecule has 0 unspecified atom stereocenters. The van der Waals surface area contributed by atoms with Gasteiger partial charge in [-0.2, -0.15) is 13.2 Å². The standard InChI is InChI=1S/C13H17F3N2O2S/c1-12(2,11(19)20)4-6-18-21-8-9-7-17-5-3-10(9)13(14,15)16/h3,5,7,18H,4,6,8H2,1-2H3,(H,19,20). The number of halogens is 3. The van der Waals surface area contributed by atoms with Crippen molar-refractivity contribution in [2.45, 2.75) is 32.2 Å². The average Bonchev–Trinajstić information content (AvgIpc) is 2.37. The number of alkyl halides is 3. The zero-order valence-electron chi connectivity index (χ0n) is 11.7. The fourth-order valence-corrected chi connectivity index (χ4v) is 2.22. The topological polar surface area (TPSA) is 62.2 Å². The number of carboxylic acid groups (broad SMARTS) is 1. The fraction of sp³-hybridized carbons (Fsp3) is 0.538. The summed E-state index contributed by atoms with van der Waals surface area (Å²) in [6.45, 7) is 3.60. The second-order valence-corrected chi connectivity index (χ2v) is 6.02. The number of carbonyl (C=O) groups is 1. The lowest BCUT2D eigenvalue weighted by atomic mass is 9.90. The summed E-state index contributed by atoms with van der Waals surface area (Å²) in [5.74, 6) is -0.795. The Bertz CT molecular complexity index is 493. The maximum Gasteiger partial charge on any atom is 0.416 e. The van der Waals surface area contributed by atoms with Crippen LogP contribution in [0.15, 0.2) is 18.5 Å². The molecule has 1 aromatic heterocycles. The van der Waals surface area contributed by atoms with Gasteiger partial charge in [-0.25, -0.2) is 0 Å². The highest BCUT2D eigenvalue weighted by Crippen LogP contribution is 2.32. The number of carboxylic acids is 1. The molecule has 0 atom stereocenters. The van der Waals surface area contributed by atoms with Gasteiger partial charge in [-0.15, -0.1) is 0 Å². The molecule has 0 spiro atoms. The van der Waals surface area contributed by atoms with Gasteiger partial charge in [0.2, 0.25) is 0 Å². The predicted octanol–water partition coefficient (Wildman–Crippen LogP) is 3.34. The second kappa shape index (κ2) is 7.13. The van der Waals surface area contributed by atoms with Crippen molar-refractivity contribution < 1.29 is 23.1 Å². The third kappa shape index (κ3) is 5.55. The molecule has 21 heavy (non-hydrogen) atoms. The first-order chi connectivity index (χ1) is 9.64. The van der Waals surface area contributed by atoms with Crippen molar-refractivity contribution in [2.24, 2.45) is 5.41 Å². The molecule has 0 saturated carbocycles. The van der Waals surface area contributed by atoms with Crippen molar-refractivity contribution in [2.75, 3.05) is 6.54 Å². The van der Waals surface area contributed by atoms with E-state index in [9.17, 15) is 18.0 Å². The van der Waals surface area contributed by atoms with E-state index in [0.717, 1.165) is 24.2 Å². The minimum Gasteiger partial charge on any atom is -0.481 e. The van der Waals surface area contributed by atoms with Crippen LogP contribution in [0.4, 0.5) is 13.2 Å². The van der Waals surface area contributed by atoms with Gasteiger partial charge in [0.15, 0.2) is 0 Å². The maximum absolute atomic E-state index is 12.7. The summed E-state index contributed by atoms with van der Waals surface area (Å²) in [6.07, 6.45) is -1.71. The van der Waals surface area contributed by atoms with Crippen molar-refractivity contribution in [1.82, 2.24) is 9.71 Å². The largest absolute Gasteiger partial charge is 0.481 e. The first-order valence-electron chi connectivity index (χ1n) is 6.23. The molecule has 0 bridgehead atoms. The zero-order chi connectivity index (χ0) is 16.1.